The van der Waals surface area contributed by atoms with E-state index >= 15 is 0 Å². The molecule has 6 heteroatoms. The molecule has 0 aliphatic rings. The summed E-state index contributed by atoms with van der Waals surface area (Å²) in [5.41, 5.74) is -0.147. The Labute approximate surface area is 107 Å². The lowest BCUT2D eigenvalue weighted by Gasteiger charge is -2.27. The first-order chi connectivity index (χ1) is 7.87. The van der Waals surface area contributed by atoms with Crippen LogP contribution in [0.2, 0.25) is 0 Å². The summed E-state index contributed by atoms with van der Waals surface area (Å²) in [4.78, 5) is 4.32. The molecule has 17 heavy (non-hydrogen) atoms. The van der Waals surface area contributed by atoms with Crippen molar-refractivity contribution in [2.45, 2.75) is 32.2 Å². The Morgan fingerprint density at radius 3 is 2.71 bits per heavy atom. The highest BCUT2D eigenvalue weighted by molar-refractivity contribution is 7.90. The topological polar surface area (TPSA) is 59.1 Å². The first kappa shape index (κ1) is 14.6. The van der Waals surface area contributed by atoms with Crippen LogP contribution < -0.4 is 5.32 Å². The summed E-state index contributed by atoms with van der Waals surface area (Å²) in [5.74, 6) is 0.234. The van der Waals surface area contributed by atoms with Crippen molar-refractivity contribution in [2.24, 2.45) is 0 Å². The molecule has 0 fully saturated rings. The molecule has 1 rings (SSSR count). The van der Waals surface area contributed by atoms with Gasteiger partial charge in [0.05, 0.1) is 11.3 Å². The monoisotopic (exact) mass is 276 g/mol. The molecule has 0 aromatic carbocycles. The fourth-order valence-electron chi connectivity index (χ4n) is 1.55. The molecule has 4 nitrogen and oxygen atoms in total. The molecule has 1 aromatic heterocycles. The number of thiazole rings is 1. The molecule has 0 saturated carbocycles. The van der Waals surface area contributed by atoms with Crippen LogP contribution in [0.5, 0.6) is 0 Å². The van der Waals surface area contributed by atoms with Gasteiger partial charge in [-0.15, -0.1) is 11.3 Å². The smallest absolute Gasteiger partial charge is 0.147 e. The van der Waals surface area contributed by atoms with Gasteiger partial charge in [-0.05, 0) is 26.3 Å². The van der Waals surface area contributed by atoms with Crippen molar-refractivity contribution < 1.29 is 8.42 Å². The molecule has 0 spiro atoms. The zero-order valence-electron chi connectivity index (χ0n) is 10.6. The lowest BCUT2D eigenvalue weighted by atomic mass is 10.00. The average molecular weight is 276 g/mol. The van der Waals surface area contributed by atoms with Crippen molar-refractivity contribution in [2.75, 3.05) is 18.6 Å². The van der Waals surface area contributed by atoms with Gasteiger partial charge in [0.25, 0.3) is 0 Å². The third-order valence-electron chi connectivity index (χ3n) is 2.82. The first-order valence-electron chi connectivity index (χ1n) is 5.70. The zero-order chi connectivity index (χ0) is 12.9. The van der Waals surface area contributed by atoms with E-state index in [2.05, 4.69) is 24.1 Å². The van der Waals surface area contributed by atoms with E-state index < -0.39 is 9.84 Å². The third-order valence-corrected chi connectivity index (χ3v) is 4.89. The second-order valence-electron chi connectivity index (χ2n) is 4.43. The number of nitrogens with zero attached hydrogens (tertiary/aromatic N) is 1. The predicted octanol–water partition coefficient (Wildman–Crippen LogP) is 1.79. The summed E-state index contributed by atoms with van der Waals surface area (Å²) in [6.45, 7) is 4.90. The maximum Gasteiger partial charge on any atom is 0.147 e. The second kappa shape index (κ2) is 5.93. The van der Waals surface area contributed by atoms with Gasteiger partial charge in [-0.3, -0.25) is 0 Å². The molecule has 0 saturated heterocycles. The maximum absolute atomic E-state index is 11.0. The molecule has 1 aromatic rings. The van der Waals surface area contributed by atoms with E-state index in [1.807, 2.05) is 5.38 Å². The van der Waals surface area contributed by atoms with Crippen LogP contribution in [0, 0.1) is 0 Å². The summed E-state index contributed by atoms with van der Waals surface area (Å²) >= 11 is 1.63. The van der Waals surface area contributed by atoms with Gasteiger partial charge < -0.3 is 5.32 Å². The molecular weight excluding hydrogens is 256 g/mol. The molecular formula is C11H20N2O2S2. The first-order valence-corrected chi connectivity index (χ1v) is 8.64. The van der Waals surface area contributed by atoms with Crippen molar-refractivity contribution in [3.63, 3.8) is 0 Å². The molecule has 1 heterocycles. The standard InChI is InChI=1S/C11H20N2O2S2/c1-4-11(2,10-12-7-8-16-10)13-6-5-9-17(3,14)15/h7-8,13H,4-6,9H2,1-3H3. The number of sulfone groups is 1. The summed E-state index contributed by atoms with van der Waals surface area (Å²) in [6.07, 6.45) is 4.64. The lowest BCUT2D eigenvalue weighted by Crippen LogP contribution is -2.39. The molecule has 1 unspecified atom stereocenters. The Balaban J connectivity index is 2.48. The average Bonchev–Trinajstić information content (AvgIpc) is 2.76. The summed E-state index contributed by atoms with van der Waals surface area (Å²) < 4.78 is 22.0. The Bertz CT molecular complexity index is 428. The highest BCUT2D eigenvalue weighted by Gasteiger charge is 2.26. The Hall–Kier alpha value is -0.460. The minimum Gasteiger partial charge on any atom is -0.306 e. The second-order valence-corrected chi connectivity index (χ2v) is 7.59. The van der Waals surface area contributed by atoms with Gasteiger partial charge >= 0.3 is 0 Å². The molecule has 98 valence electrons. The highest BCUT2D eigenvalue weighted by atomic mass is 32.2. The normalized spacial score (nSPS) is 15.7. The van der Waals surface area contributed by atoms with Gasteiger partial charge in [-0.1, -0.05) is 6.92 Å². The van der Waals surface area contributed by atoms with E-state index in [4.69, 9.17) is 0 Å². The Morgan fingerprint density at radius 1 is 1.53 bits per heavy atom. The molecule has 0 aliphatic carbocycles. The van der Waals surface area contributed by atoms with E-state index in [9.17, 15) is 8.42 Å². The minimum absolute atomic E-state index is 0.147. The zero-order valence-corrected chi connectivity index (χ0v) is 12.2. The van der Waals surface area contributed by atoms with Gasteiger partial charge in [0, 0.05) is 17.8 Å². The predicted molar refractivity (Wildman–Crippen MR) is 72.1 cm³/mol. The Kier molecular flexibility index (Phi) is 5.09. The van der Waals surface area contributed by atoms with Crippen LogP contribution in [0.25, 0.3) is 0 Å². The fraction of sp³-hybridized carbons (Fsp3) is 0.727. The molecule has 1 atom stereocenters. The van der Waals surface area contributed by atoms with Crippen LogP contribution in [-0.2, 0) is 15.4 Å². The van der Waals surface area contributed by atoms with Gasteiger partial charge in [0.1, 0.15) is 14.8 Å². The van der Waals surface area contributed by atoms with E-state index in [1.165, 1.54) is 6.26 Å². The number of hydrogen-bond acceptors (Lipinski definition) is 5. The number of rotatable bonds is 7. The van der Waals surface area contributed by atoms with E-state index in [0.29, 0.717) is 13.0 Å². The molecule has 0 bridgehead atoms. The van der Waals surface area contributed by atoms with Crippen molar-refractivity contribution in [1.82, 2.24) is 10.3 Å². The van der Waals surface area contributed by atoms with Gasteiger partial charge in [0.15, 0.2) is 0 Å². The SMILES string of the molecule is CCC(C)(NCCCS(C)(=O)=O)c1nccs1. The van der Waals surface area contributed by atoms with Crippen LogP contribution in [0.4, 0.5) is 0 Å². The molecule has 0 aliphatic heterocycles. The molecule has 1 N–H and O–H groups in total. The van der Waals surface area contributed by atoms with E-state index in [0.717, 1.165) is 11.4 Å². The van der Waals surface area contributed by atoms with Gasteiger partial charge in [0.2, 0.25) is 0 Å². The van der Waals surface area contributed by atoms with Crippen LogP contribution in [-0.4, -0.2) is 32.0 Å². The number of hydrogen-bond donors (Lipinski definition) is 1. The minimum atomic E-state index is -2.86. The van der Waals surface area contributed by atoms with Crippen LogP contribution in [0.1, 0.15) is 31.7 Å². The van der Waals surface area contributed by atoms with Crippen LogP contribution >= 0.6 is 11.3 Å². The van der Waals surface area contributed by atoms with Gasteiger partial charge in [-0.2, -0.15) is 0 Å². The quantitative estimate of drug-likeness (QED) is 0.771. The maximum atomic E-state index is 11.0. The highest BCUT2D eigenvalue weighted by Crippen LogP contribution is 2.25. The summed E-state index contributed by atoms with van der Waals surface area (Å²) in [6, 6.07) is 0. The number of nitrogens with one attached hydrogen (secondary N) is 1. The lowest BCUT2D eigenvalue weighted by molar-refractivity contribution is 0.353. The van der Waals surface area contributed by atoms with Crippen LogP contribution in [0.3, 0.4) is 0 Å². The fourth-order valence-corrected chi connectivity index (χ4v) is 3.06. The van der Waals surface area contributed by atoms with Crippen molar-refractivity contribution in [3.05, 3.63) is 16.6 Å². The number of aromatic nitrogens is 1. The molecule has 0 radical (unpaired) electrons. The summed E-state index contributed by atoms with van der Waals surface area (Å²) in [5, 5.41) is 6.42. The Morgan fingerprint density at radius 2 is 2.24 bits per heavy atom. The van der Waals surface area contributed by atoms with E-state index in [-0.39, 0.29) is 11.3 Å². The van der Waals surface area contributed by atoms with E-state index in [1.54, 1.807) is 17.5 Å². The van der Waals surface area contributed by atoms with Gasteiger partial charge in [-0.25, -0.2) is 13.4 Å². The largest absolute Gasteiger partial charge is 0.306 e. The third kappa shape index (κ3) is 4.73. The van der Waals surface area contributed by atoms with Crippen LogP contribution in [0.15, 0.2) is 11.6 Å². The van der Waals surface area contributed by atoms with Crippen molar-refractivity contribution >= 4 is 21.2 Å². The molecule has 0 amide bonds. The van der Waals surface area contributed by atoms with Crippen molar-refractivity contribution in [3.8, 4) is 0 Å². The summed E-state index contributed by atoms with van der Waals surface area (Å²) in [7, 11) is -2.86. The van der Waals surface area contributed by atoms with Crippen molar-refractivity contribution in [1.29, 1.82) is 0 Å².